The number of ether oxygens (including phenoxy) is 1. The zero-order chi connectivity index (χ0) is 25.2. The minimum Gasteiger partial charge on any atom is -0.469 e. The Kier molecular flexibility index (Phi) is 10.2. The lowest BCUT2D eigenvalue weighted by molar-refractivity contribution is -0.140. The molecule has 0 radical (unpaired) electrons. The molecule has 1 unspecified atom stereocenters. The van der Waals surface area contributed by atoms with Crippen molar-refractivity contribution in [2.75, 3.05) is 12.4 Å². The van der Waals surface area contributed by atoms with Gasteiger partial charge in [0.1, 0.15) is 0 Å². The van der Waals surface area contributed by atoms with Crippen LogP contribution in [-0.2, 0) is 25.5 Å². The summed E-state index contributed by atoms with van der Waals surface area (Å²) in [5.41, 5.74) is 3.77. The van der Waals surface area contributed by atoms with Gasteiger partial charge in [-0.1, -0.05) is 54.2 Å². The first kappa shape index (κ1) is 26.8. The summed E-state index contributed by atoms with van der Waals surface area (Å²) in [5.74, 6) is -0.413. The number of halogens is 2. The van der Waals surface area contributed by atoms with Crippen LogP contribution in [0.4, 0.5) is 5.69 Å². The number of carbonyl (C=O) groups excluding carboxylic acids is 3. The molecule has 0 spiro atoms. The van der Waals surface area contributed by atoms with Crippen molar-refractivity contribution in [2.24, 2.45) is 0 Å². The summed E-state index contributed by atoms with van der Waals surface area (Å²) in [6.07, 6.45) is 9.31. The van der Waals surface area contributed by atoms with E-state index in [2.05, 4.69) is 21.4 Å². The highest BCUT2D eigenvalue weighted by molar-refractivity contribution is 6.35. The highest BCUT2D eigenvalue weighted by Gasteiger charge is 2.23. The number of methoxy groups -OCH3 is 1. The van der Waals surface area contributed by atoms with Crippen LogP contribution < -0.4 is 10.6 Å². The number of fused-ring (bicyclic) bond motifs is 1. The summed E-state index contributed by atoms with van der Waals surface area (Å²) < 4.78 is 4.63. The standard InChI is InChI=1S/C27H30Cl2N2O4/c1-35-27(34)7-5-3-2-4-6-25(32)31-24-12-10-19-14-18(8-11-23(19)24)9-13-26(33)30-22-16-20(28)15-21(29)17-22/h8-9,11,13-17,24H,2-7,10,12H2,1H3,(H,30,33)(H,31,32)/b13-9+. The van der Waals surface area contributed by atoms with Crippen LogP contribution in [0.3, 0.4) is 0 Å². The molecule has 0 heterocycles. The molecule has 0 bridgehead atoms. The molecule has 1 atom stereocenters. The summed E-state index contributed by atoms with van der Waals surface area (Å²) in [4.78, 5) is 35.7. The zero-order valence-electron chi connectivity index (χ0n) is 19.7. The average molecular weight is 517 g/mol. The SMILES string of the molecule is COC(=O)CCCCCCC(=O)NC1CCc2cc(/C=C/C(=O)Nc3cc(Cl)cc(Cl)c3)ccc21. The van der Waals surface area contributed by atoms with E-state index in [-0.39, 0.29) is 23.8 Å². The van der Waals surface area contributed by atoms with E-state index >= 15 is 0 Å². The number of carbonyl (C=O) groups is 3. The first-order chi connectivity index (χ1) is 16.8. The van der Waals surface area contributed by atoms with Crippen LogP contribution in [0.15, 0.2) is 42.5 Å². The van der Waals surface area contributed by atoms with Gasteiger partial charge >= 0.3 is 5.97 Å². The molecule has 35 heavy (non-hydrogen) atoms. The van der Waals surface area contributed by atoms with Crippen molar-refractivity contribution in [3.05, 3.63) is 69.2 Å². The molecule has 1 aliphatic rings. The van der Waals surface area contributed by atoms with Crippen molar-refractivity contribution in [2.45, 2.75) is 57.4 Å². The second-order valence-electron chi connectivity index (χ2n) is 8.59. The molecular weight excluding hydrogens is 487 g/mol. The van der Waals surface area contributed by atoms with Crippen LogP contribution in [0, 0.1) is 0 Å². The van der Waals surface area contributed by atoms with E-state index in [1.807, 2.05) is 12.1 Å². The second kappa shape index (κ2) is 13.3. The first-order valence-corrected chi connectivity index (χ1v) is 12.5. The zero-order valence-corrected chi connectivity index (χ0v) is 21.3. The van der Waals surface area contributed by atoms with Gasteiger partial charge in [0.2, 0.25) is 11.8 Å². The van der Waals surface area contributed by atoms with Gasteiger partial charge in [0.25, 0.3) is 0 Å². The molecule has 1 aliphatic carbocycles. The summed E-state index contributed by atoms with van der Waals surface area (Å²) in [6.45, 7) is 0. The molecule has 8 heteroatoms. The van der Waals surface area contributed by atoms with E-state index in [0.717, 1.165) is 49.7 Å². The van der Waals surface area contributed by atoms with E-state index in [0.29, 0.717) is 28.6 Å². The molecule has 2 aromatic rings. The highest BCUT2D eigenvalue weighted by Crippen LogP contribution is 2.32. The quantitative estimate of drug-likeness (QED) is 0.209. The molecule has 2 amide bonds. The van der Waals surface area contributed by atoms with Gasteiger partial charge in [-0.15, -0.1) is 0 Å². The smallest absolute Gasteiger partial charge is 0.305 e. The van der Waals surface area contributed by atoms with Crippen molar-refractivity contribution >= 4 is 52.7 Å². The monoisotopic (exact) mass is 516 g/mol. The Balaban J connectivity index is 1.45. The van der Waals surface area contributed by atoms with Gasteiger partial charge in [-0.2, -0.15) is 0 Å². The summed E-state index contributed by atoms with van der Waals surface area (Å²) in [7, 11) is 1.39. The average Bonchev–Trinajstić information content (AvgIpc) is 3.20. The van der Waals surface area contributed by atoms with Crippen molar-refractivity contribution in [3.8, 4) is 0 Å². The molecule has 3 rings (SSSR count). The van der Waals surface area contributed by atoms with E-state index in [4.69, 9.17) is 23.2 Å². The number of nitrogens with one attached hydrogen (secondary N) is 2. The lowest BCUT2D eigenvalue weighted by Crippen LogP contribution is -2.26. The highest BCUT2D eigenvalue weighted by atomic mass is 35.5. The van der Waals surface area contributed by atoms with Crippen LogP contribution in [0.25, 0.3) is 6.08 Å². The predicted molar refractivity (Wildman–Crippen MR) is 139 cm³/mol. The van der Waals surface area contributed by atoms with Crippen LogP contribution in [0.2, 0.25) is 10.0 Å². The number of rotatable bonds is 11. The molecule has 0 saturated heterocycles. The van der Waals surface area contributed by atoms with Gasteiger partial charge < -0.3 is 15.4 Å². The third-order valence-corrected chi connectivity index (χ3v) is 6.34. The molecule has 0 saturated carbocycles. The maximum atomic E-state index is 12.4. The number of hydrogen-bond donors (Lipinski definition) is 2. The minimum absolute atomic E-state index is 0.0192. The number of amides is 2. The Morgan fingerprint density at radius 3 is 2.43 bits per heavy atom. The maximum absolute atomic E-state index is 12.4. The van der Waals surface area contributed by atoms with Crippen molar-refractivity contribution in [1.82, 2.24) is 5.32 Å². The molecule has 2 aromatic carbocycles. The van der Waals surface area contributed by atoms with E-state index < -0.39 is 0 Å². The molecule has 0 fully saturated rings. The topological polar surface area (TPSA) is 84.5 Å². The fraction of sp³-hybridized carbons (Fsp3) is 0.370. The third-order valence-electron chi connectivity index (χ3n) is 5.90. The third kappa shape index (κ3) is 8.71. The fourth-order valence-electron chi connectivity index (χ4n) is 4.15. The molecule has 6 nitrogen and oxygen atoms in total. The number of unbranched alkanes of at least 4 members (excludes halogenated alkanes) is 3. The van der Waals surface area contributed by atoms with Gasteiger partial charge in [-0.25, -0.2) is 0 Å². The summed E-state index contributed by atoms with van der Waals surface area (Å²) in [5, 5.41) is 6.79. The van der Waals surface area contributed by atoms with E-state index in [1.54, 1.807) is 24.3 Å². The Bertz CT molecular complexity index is 1080. The van der Waals surface area contributed by atoms with Gasteiger partial charge in [0.05, 0.1) is 13.2 Å². The number of anilines is 1. The lowest BCUT2D eigenvalue weighted by Gasteiger charge is -2.14. The van der Waals surface area contributed by atoms with Crippen molar-refractivity contribution < 1.29 is 19.1 Å². The normalized spacial score (nSPS) is 14.5. The molecule has 2 N–H and O–H groups in total. The Morgan fingerprint density at radius 1 is 1.00 bits per heavy atom. The van der Waals surface area contributed by atoms with Gasteiger partial charge in [0.15, 0.2) is 0 Å². The van der Waals surface area contributed by atoms with E-state index in [1.165, 1.54) is 18.7 Å². The number of benzene rings is 2. The second-order valence-corrected chi connectivity index (χ2v) is 9.46. The van der Waals surface area contributed by atoms with Gasteiger partial charge in [-0.3, -0.25) is 14.4 Å². The maximum Gasteiger partial charge on any atom is 0.305 e. The molecule has 0 aliphatic heterocycles. The predicted octanol–water partition coefficient (Wildman–Crippen LogP) is 6.26. The van der Waals surface area contributed by atoms with Crippen LogP contribution in [-0.4, -0.2) is 24.9 Å². The van der Waals surface area contributed by atoms with Crippen LogP contribution in [0.5, 0.6) is 0 Å². The lowest BCUT2D eigenvalue weighted by atomic mass is 10.0. The minimum atomic E-state index is -0.278. The largest absolute Gasteiger partial charge is 0.469 e. The molecular formula is C27H30Cl2N2O4. The first-order valence-electron chi connectivity index (χ1n) is 11.8. The van der Waals surface area contributed by atoms with E-state index in [9.17, 15) is 14.4 Å². The molecule has 186 valence electrons. The van der Waals surface area contributed by atoms with Crippen LogP contribution >= 0.6 is 23.2 Å². The number of aryl methyl sites for hydroxylation is 1. The fourth-order valence-corrected chi connectivity index (χ4v) is 4.68. The number of esters is 1. The Hall–Kier alpha value is -2.83. The van der Waals surface area contributed by atoms with Crippen molar-refractivity contribution in [1.29, 1.82) is 0 Å². The summed E-state index contributed by atoms with van der Waals surface area (Å²) >= 11 is 11.9. The van der Waals surface area contributed by atoms with Gasteiger partial charge in [0, 0.05) is 34.7 Å². The Labute approximate surface area is 216 Å². The van der Waals surface area contributed by atoms with Crippen LogP contribution in [0.1, 0.15) is 67.7 Å². The summed E-state index contributed by atoms with van der Waals surface area (Å²) in [6, 6.07) is 10.9. The Morgan fingerprint density at radius 2 is 1.71 bits per heavy atom. The van der Waals surface area contributed by atoms with Gasteiger partial charge in [-0.05, 0) is 66.6 Å². The molecule has 0 aromatic heterocycles. The van der Waals surface area contributed by atoms with Crippen molar-refractivity contribution in [3.63, 3.8) is 0 Å². The number of hydrogen-bond acceptors (Lipinski definition) is 4.